The van der Waals surface area contributed by atoms with Crippen molar-refractivity contribution in [3.63, 3.8) is 0 Å². The summed E-state index contributed by atoms with van der Waals surface area (Å²) in [5.74, 6) is -0.307. The molecule has 1 aromatic rings. The second-order valence-electron chi connectivity index (χ2n) is 3.49. The smallest absolute Gasteiger partial charge is 0.123 e. The maximum absolute atomic E-state index is 12.7. The fourth-order valence-electron chi connectivity index (χ4n) is 1.49. The van der Waals surface area contributed by atoms with Gasteiger partial charge in [0.25, 0.3) is 0 Å². The van der Waals surface area contributed by atoms with Crippen molar-refractivity contribution in [2.75, 3.05) is 6.61 Å². The number of hydrogen-bond acceptors (Lipinski definition) is 2. The second-order valence-corrected chi connectivity index (χ2v) is 3.49. The molecular formula is C11H14FN3O. The molecule has 0 fully saturated rings. The van der Waals surface area contributed by atoms with Crippen LogP contribution in [0, 0.1) is 5.82 Å². The third-order valence-corrected chi connectivity index (χ3v) is 2.33. The van der Waals surface area contributed by atoms with Crippen LogP contribution >= 0.6 is 0 Å². The average molecular weight is 223 g/mol. The highest BCUT2D eigenvalue weighted by atomic mass is 19.1. The van der Waals surface area contributed by atoms with E-state index in [1.54, 1.807) is 12.1 Å². The van der Waals surface area contributed by atoms with E-state index in [-0.39, 0.29) is 18.5 Å². The minimum atomic E-state index is -0.307. The van der Waals surface area contributed by atoms with Crippen LogP contribution in [-0.2, 0) is 0 Å². The summed E-state index contributed by atoms with van der Waals surface area (Å²) in [4.78, 5) is 2.78. The molecule has 0 aliphatic rings. The fourth-order valence-corrected chi connectivity index (χ4v) is 1.49. The number of aliphatic hydroxyl groups excluding tert-OH is 1. The van der Waals surface area contributed by atoms with Gasteiger partial charge in [0.15, 0.2) is 0 Å². The molecule has 0 radical (unpaired) electrons. The molecule has 0 spiro atoms. The lowest BCUT2D eigenvalue weighted by Crippen LogP contribution is -1.96. The highest BCUT2D eigenvalue weighted by Crippen LogP contribution is 2.23. The molecule has 0 aromatic heterocycles. The number of aliphatic hydroxyl groups is 1. The quantitative estimate of drug-likeness (QED) is 0.341. The molecule has 0 aliphatic heterocycles. The Bertz CT molecular complexity index is 360. The minimum Gasteiger partial charge on any atom is -0.396 e. The van der Waals surface area contributed by atoms with E-state index in [1.807, 2.05) is 0 Å². The fraction of sp³-hybridized carbons (Fsp3) is 0.455. The van der Waals surface area contributed by atoms with Crippen LogP contribution in [0.2, 0.25) is 0 Å². The molecular weight excluding hydrogens is 209 g/mol. The van der Waals surface area contributed by atoms with Gasteiger partial charge >= 0.3 is 0 Å². The van der Waals surface area contributed by atoms with Crippen molar-refractivity contribution < 1.29 is 9.50 Å². The Morgan fingerprint density at radius 1 is 1.31 bits per heavy atom. The summed E-state index contributed by atoms with van der Waals surface area (Å²) in [5, 5.41) is 12.3. The molecule has 0 saturated heterocycles. The molecule has 1 rings (SSSR count). The van der Waals surface area contributed by atoms with Gasteiger partial charge in [-0.25, -0.2) is 4.39 Å². The van der Waals surface area contributed by atoms with Crippen LogP contribution in [-0.4, -0.2) is 11.7 Å². The van der Waals surface area contributed by atoms with Gasteiger partial charge in [0, 0.05) is 11.5 Å². The third kappa shape index (κ3) is 3.88. The number of unbranched alkanes of at least 4 members (excludes halogenated alkanes) is 1. The van der Waals surface area contributed by atoms with E-state index in [0.29, 0.717) is 12.8 Å². The summed E-state index contributed by atoms with van der Waals surface area (Å²) < 4.78 is 12.7. The standard InChI is InChI=1S/C11H14FN3O/c12-10-6-4-9(5-7-10)11(14-15-13)3-1-2-8-16/h4-7,11,16H,1-3,8H2. The summed E-state index contributed by atoms with van der Waals surface area (Å²) in [6.07, 6.45) is 2.12. The van der Waals surface area contributed by atoms with Gasteiger partial charge in [-0.1, -0.05) is 23.7 Å². The van der Waals surface area contributed by atoms with Crippen molar-refractivity contribution in [3.05, 3.63) is 46.1 Å². The van der Waals surface area contributed by atoms with Crippen LogP contribution in [0.4, 0.5) is 4.39 Å². The van der Waals surface area contributed by atoms with Crippen molar-refractivity contribution in [2.24, 2.45) is 5.11 Å². The molecule has 1 N–H and O–H groups in total. The molecule has 0 saturated carbocycles. The topological polar surface area (TPSA) is 69.0 Å². The average Bonchev–Trinajstić information content (AvgIpc) is 2.29. The number of hydrogen-bond donors (Lipinski definition) is 1. The monoisotopic (exact) mass is 223 g/mol. The SMILES string of the molecule is [N-]=[N+]=NC(CCCCO)c1ccc(F)cc1. The molecule has 4 nitrogen and oxygen atoms in total. The van der Waals surface area contributed by atoms with Gasteiger partial charge in [-0.3, -0.25) is 0 Å². The maximum atomic E-state index is 12.7. The summed E-state index contributed by atoms with van der Waals surface area (Å²) in [6.45, 7) is 0.131. The zero-order valence-electron chi connectivity index (χ0n) is 8.88. The first-order chi connectivity index (χ1) is 7.77. The molecule has 0 aliphatic carbocycles. The van der Waals surface area contributed by atoms with Gasteiger partial charge in [-0.15, -0.1) is 0 Å². The van der Waals surface area contributed by atoms with Gasteiger partial charge < -0.3 is 5.11 Å². The first-order valence-electron chi connectivity index (χ1n) is 5.18. The second kappa shape index (κ2) is 6.82. The van der Waals surface area contributed by atoms with Gasteiger partial charge in [-0.05, 0) is 36.1 Å². The predicted molar refractivity (Wildman–Crippen MR) is 59.2 cm³/mol. The Balaban J connectivity index is 2.69. The van der Waals surface area contributed by atoms with E-state index in [1.165, 1.54) is 12.1 Å². The van der Waals surface area contributed by atoms with Crippen molar-refractivity contribution in [2.45, 2.75) is 25.3 Å². The van der Waals surface area contributed by atoms with Crippen molar-refractivity contribution in [3.8, 4) is 0 Å². The summed E-state index contributed by atoms with van der Waals surface area (Å²) >= 11 is 0. The van der Waals surface area contributed by atoms with Crippen LogP contribution in [0.15, 0.2) is 29.4 Å². The van der Waals surface area contributed by atoms with Crippen LogP contribution in [0.25, 0.3) is 10.4 Å². The molecule has 86 valence electrons. The third-order valence-electron chi connectivity index (χ3n) is 2.33. The molecule has 1 atom stereocenters. The van der Waals surface area contributed by atoms with E-state index in [0.717, 1.165) is 12.0 Å². The largest absolute Gasteiger partial charge is 0.396 e. The number of rotatable bonds is 6. The van der Waals surface area contributed by atoms with Gasteiger partial charge in [0.05, 0.1) is 6.04 Å². The zero-order valence-corrected chi connectivity index (χ0v) is 8.88. The minimum absolute atomic E-state index is 0.131. The molecule has 1 unspecified atom stereocenters. The van der Waals surface area contributed by atoms with E-state index in [2.05, 4.69) is 10.0 Å². The van der Waals surface area contributed by atoms with E-state index in [9.17, 15) is 4.39 Å². The molecule has 1 aromatic carbocycles. The molecule has 0 heterocycles. The van der Waals surface area contributed by atoms with Gasteiger partial charge in [-0.2, -0.15) is 0 Å². The Hall–Kier alpha value is -1.58. The van der Waals surface area contributed by atoms with Crippen LogP contribution < -0.4 is 0 Å². The Morgan fingerprint density at radius 3 is 2.56 bits per heavy atom. The van der Waals surface area contributed by atoms with E-state index in [4.69, 9.17) is 10.6 Å². The molecule has 5 heteroatoms. The predicted octanol–water partition coefficient (Wildman–Crippen LogP) is 3.34. The van der Waals surface area contributed by atoms with Gasteiger partial charge in [0.1, 0.15) is 5.82 Å². The Kier molecular flexibility index (Phi) is 5.32. The summed E-state index contributed by atoms with van der Waals surface area (Å²) in [5.41, 5.74) is 9.25. The van der Waals surface area contributed by atoms with Crippen molar-refractivity contribution >= 4 is 0 Å². The first-order valence-corrected chi connectivity index (χ1v) is 5.18. The molecule has 0 bridgehead atoms. The van der Waals surface area contributed by atoms with Crippen molar-refractivity contribution in [1.82, 2.24) is 0 Å². The number of nitrogens with zero attached hydrogens (tertiary/aromatic N) is 3. The lowest BCUT2D eigenvalue weighted by Gasteiger charge is -2.10. The van der Waals surface area contributed by atoms with Crippen LogP contribution in [0.5, 0.6) is 0 Å². The Morgan fingerprint density at radius 2 is 2.00 bits per heavy atom. The highest BCUT2D eigenvalue weighted by Gasteiger charge is 2.08. The van der Waals surface area contributed by atoms with Crippen molar-refractivity contribution in [1.29, 1.82) is 0 Å². The van der Waals surface area contributed by atoms with E-state index < -0.39 is 0 Å². The van der Waals surface area contributed by atoms with Crippen LogP contribution in [0.1, 0.15) is 30.9 Å². The summed E-state index contributed by atoms with van der Waals surface area (Å²) in [6, 6.07) is 5.65. The lowest BCUT2D eigenvalue weighted by atomic mass is 10.0. The van der Waals surface area contributed by atoms with E-state index >= 15 is 0 Å². The molecule has 0 amide bonds. The van der Waals surface area contributed by atoms with Crippen LogP contribution in [0.3, 0.4) is 0 Å². The normalized spacial score (nSPS) is 11.9. The lowest BCUT2D eigenvalue weighted by molar-refractivity contribution is 0.281. The number of azide groups is 1. The molecule has 16 heavy (non-hydrogen) atoms. The maximum Gasteiger partial charge on any atom is 0.123 e. The number of benzene rings is 1. The van der Waals surface area contributed by atoms with Gasteiger partial charge in [0.2, 0.25) is 0 Å². The Labute approximate surface area is 93.3 Å². The first kappa shape index (κ1) is 12.5. The number of halogens is 1. The zero-order chi connectivity index (χ0) is 11.8. The summed E-state index contributed by atoms with van der Waals surface area (Å²) in [7, 11) is 0. The highest BCUT2D eigenvalue weighted by molar-refractivity contribution is 5.19.